The van der Waals surface area contributed by atoms with Gasteiger partial charge in [-0.15, -0.1) is 10.2 Å². The standard InChI is InChI=1S/C23H23F3N4O3S/c1-4-7-15-8-5-10-17(12-15)33-22-19(14(2)20(29-30-22)23(24,25)26)21(31)28-16-9-6-11-18(13-16)34(3,27)32/h5-6,8-13,27H,4,7H2,1-3H3,(H,28,31). The summed E-state index contributed by atoms with van der Waals surface area (Å²) in [4.78, 5) is 13.3. The van der Waals surface area contributed by atoms with Gasteiger partial charge in [0.2, 0.25) is 0 Å². The number of rotatable bonds is 7. The molecule has 1 atom stereocenters. The number of ether oxygens (including phenoxy) is 1. The van der Waals surface area contributed by atoms with Crippen LogP contribution in [0.25, 0.3) is 0 Å². The van der Waals surface area contributed by atoms with Crippen molar-refractivity contribution < 1.29 is 26.9 Å². The van der Waals surface area contributed by atoms with Crippen LogP contribution in [0.5, 0.6) is 11.6 Å². The molecule has 0 fully saturated rings. The Kier molecular flexibility index (Phi) is 7.25. The van der Waals surface area contributed by atoms with E-state index >= 15 is 0 Å². The minimum atomic E-state index is -4.83. The average molecular weight is 493 g/mol. The van der Waals surface area contributed by atoms with Crippen LogP contribution in [0.15, 0.2) is 53.4 Å². The maximum Gasteiger partial charge on any atom is 0.435 e. The topological polar surface area (TPSA) is 105 Å². The number of aromatic nitrogens is 2. The second-order valence-electron chi connectivity index (χ2n) is 7.68. The van der Waals surface area contributed by atoms with Crippen molar-refractivity contribution in [2.24, 2.45) is 0 Å². The van der Waals surface area contributed by atoms with Crippen LogP contribution in [0.3, 0.4) is 0 Å². The second-order valence-corrected chi connectivity index (χ2v) is 9.84. The third-order valence-corrected chi connectivity index (χ3v) is 6.03. The van der Waals surface area contributed by atoms with E-state index in [4.69, 9.17) is 9.52 Å². The number of alkyl halides is 3. The van der Waals surface area contributed by atoms with Gasteiger partial charge in [-0.1, -0.05) is 31.5 Å². The molecule has 1 heterocycles. The summed E-state index contributed by atoms with van der Waals surface area (Å²) >= 11 is 0. The fraction of sp³-hybridized carbons (Fsp3) is 0.261. The van der Waals surface area contributed by atoms with Gasteiger partial charge in [-0.2, -0.15) is 13.2 Å². The lowest BCUT2D eigenvalue weighted by Gasteiger charge is -2.16. The molecule has 34 heavy (non-hydrogen) atoms. The van der Waals surface area contributed by atoms with E-state index in [1.807, 2.05) is 13.0 Å². The highest BCUT2D eigenvalue weighted by Crippen LogP contribution is 2.35. The number of aryl methyl sites for hydroxylation is 1. The molecule has 0 aliphatic rings. The zero-order valence-corrected chi connectivity index (χ0v) is 19.5. The van der Waals surface area contributed by atoms with Gasteiger partial charge in [0.15, 0.2) is 5.69 Å². The minimum Gasteiger partial charge on any atom is -0.437 e. The highest BCUT2D eigenvalue weighted by Gasteiger charge is 2.38. The van der Waals surface area contributed by atoms with Crippen LogP contribution in [0, 0.1) is 11.7 Å². The molecule has 0 saturated heterocycles. The second kappa shape index (κ2) is 9.80. The Bertz CT molecular complexity index is 1330. The summed E-state index contributed by atoms with van der Waals surface area (Å²) in [5.41, 5.74) is -1.07. The fourth-order valence-corrected chi connectivity index (χ4v) is 3.97. The number of halogens is 3. The van der Waals surface area contributed by atoms with Gasteiger partial charge in [-0.3, -0.25) is 4.79 Å². The van der Waals surface area contributed by atoms with Crippen LogP contribution in [0.1, 0.15) is 40.5 Å². The Balaban J connectivity index is 2.05. The van der Waals surface area contributed by atoms with Gasteiger partial charge in [0.05, 0.1) is 9.73 Å². The summed E-state index contributed by atoms with van der Waals surface area (Å²) in [6.45, 7) is 3.12. The maximum absolute atomic E-state index is 13.5. The van der Waals surface area contributed by atoms with Crippen LogP contribution in [-0.4, -0.2) is 26.6 Å². The molecule has 2 N–H and O–H groups in total. The SMILES string of the molecule is CCCc1cccc(Oc2nnc(C(F)(F)F)c(C)c2C(=O)Nc2cccc(S(C)(=N)=O)c2)c1. The minimum absolute atomic E-state index is 0.157. The number of benzene rings is 2. The highest BCUT2D eigenvalue weighted by atomic mass is 32.2. The van der Waals surface area contributed by atoms with Gasteiger partial charge in [-0.25, -0.2) is 8.99 Å². The van der Waals surface area contributed by atoms with E-state index in [1.165, 1.54) is 30.5 Å². The third-order valence-electron chi connectivity index (χ3n) is 4.87. The Labute approximate surface area is 195 Å². The quantitative estimate of drug-likeness (QED) is 0.431. The van der Waals surface area contributed by atoms with E-state index in [1.54, 1.807) is 18.2 Å². The van der Waals surface area contributed by atoms with E-state index in [0.29, 0.717) is 5.75 Å². The molecule has 1 amide bonds. The highest BCUT2D eigenvalue weighted by molar-refractivity contribution is 7.91. The van der Waals surface area contributed by atoms with Gasteiger partial charge in [-0.05, 0) is 54.8 Å². The van der Waals surface area contributed by atoms with Gasteiger partial charge >= 0.3 is 6.18 Å². The van der Waals surface area contributed by atoms with E-state index in [0.717, 1.165) is 25.3 Å². The van der Waals surface area contributed by atoms with Crippen LogP contribution in [0.4, 0.5) is 18.9 Å². The van der Waals surface area contributed by atoms with E-state index < -0.39 is 38.6 Å². The smallest absolute Gasteiger partial charge is 0.435 e. The number of carbonyl (C=O) groups is 1. The predicted octanol–water partition coefficient (Wildman–Crippen LogP) is 5.84. The van der Waals surface area contributed by atoms with Crippen molar-refractivity contribution in [2.75, 3.05) is 11.6 Å². The monoisotopic (exact) mass is 492 g/mol. The molecule has 2 aromatic carbocycles. The molecule has 3 rings (SSSR count). The van der Waals surface area contributed by atoms with Gasteiger partial charge in [0.1, 0.15) is 11.3 Å². The molecular formula is C23H23F3N4O3S. The predicted molar refractivity (Wildman–Crippen MR) is 122 cm³/mol. The normalized spacial score (nSPS) is 13.2. The van der Waals surface area contributed by atoms with Gasteiger partial charge in [0, 0.05) is 16.8 Å². The number of nitrogens with one attached hydrogen (secondary N) is 2. The Morgan fingerprint density at radius 2 is 1.85 bits per heavy atom. The van der Waals surface area contributed by atoms with Crippen LogP contribution in [0.2, 0.25) is 0 Å². The Hall–Kier alpha value is -3.47. The van der Waals surface area contributed by atoms with Crippen molar-refractivity contribution in [1.29, 1.82) is 4.78 Å². The fourth-order valence-electron chi connectivity index (χ4n) is 3.28. The van der Waals surface area contributed by atoms with E-state index in [9.17, 15) is 22.2 Å². The number of hydrogen-bond donors (Lipinski definition) is 2. The van der Waals surface area contributed by atoms with Crippen LogP contribution >= 0.6 is 0 Å². The Morgan fingerprint density at radius 3 is 2.50 bits per heavy atom. The van der Waals surface area contributed by atoms with Crippen LogP contribution < -0.4 is 10.1 Å². The first-order chi connectivity index (χ1) is 15.9. The Morgan fingerprint density at radius 1 is 1.15 bits per heavy atom. The van der Waals surface area contributed by atoms with Crippen molar-refractivity contribution in [3.63, 3.8) is 0 Å². The summed E-state index contributed by atoms with van der Waals surface area (Å²) in [5, 5.41) is 9.31. The van der Waals surface area contributed by atoms with Crippen molar-refractivity contribution in [3.05, 3.63) is 70.9 Å². The first-order valence-corrected chi connectivity index (χ1v) is 12.2. The maximum atomic E-state index is 13.5. The molecule has 0 aliphatic carbocycles. The van der Waals surface area contributed by atoms with Crippen molar-refractivity contribution in [3.8, 4) is 11.6 Å². The number of hydrogen-bond acceptors (Lipinski definition) is 6. The molecule has 11 heteroatoms. The first-order valence-electron chi connectivity index (χ1n) is 10.3. The third kappa shape index (κ3) is 5.90. The molecule has 3 aromatic rings. The number of carbonyl (C=O) groups excluding carboxylic acids is 1. The lowest BCUT2D eigenvalue weighted by molar-refractivity contribution is -0.142. The molecule has 1 unspecified atom stereocenters. The van der Waals surface area contributed by atoms with Gasteiger partial charge < -0.3 is 10.1 Å². The molecule has 0 spiro atoms. The zero-order valence-electron chi connectivity index (χ0n) is 18.7. The molecule has 0 radical (unpaired) electrons. The number of amides is 1. The zero-order chi connectivity index (χ0) is 25.1. The lowest BCUT2D eigenvalue weighted by atomic mass is 10.1. The van der Waals surface area contributed by atoms with Crippen molar-refractivity contribution in [2.45, 2.75) is 37.8 Å². The molecule has 7 nitrogen and oxygen atoms in total. The van der Waals surface area contributed by atoms with E-state index in [-0.39, 0.29) is 16.5 Å². The molecule has 0 bridgehead atoms. The van der Waals surface area contributed by atoms with Gasteiger partial charge in [0.25, 0.3) is 11.8 Å². The average Bonchev–Trinajstić information content (AvgIpc) is 2.73. The molecule has 1 aromatic heterocycles. The molecular weight excluding hydrogens is 469 g/mol. The first kappa shape index (κ1) is 25.2. The summed E-state index contributed by atoms with van der Waals surface area (Å²) in [6, 6.07) is 12.7. The number of anilines is 1. The summed E-state index contributed by atoms with van der Waals surface area (Å²) < 4.78 is 65.9. The number of nitrogens with zero attached hydrogens (tertiary/aromatic N) is 2. The van der Waals surface area contributed by atoms with Crippen molar-refractivity contribution >= 4 is 21.3 Å². The van der Waals surface area contributed by atoms with Crippen molar-refractivity contribution in [1.82, 2.24) is 10.2 Å². The summed E-state index contributed by atoms with van der Waals surface area (Å²) in [5.74, 6) is -0.995. The molecule has 0 saturated carbocycles. The largest absolute Gasteiger partial charge is 0.437 e. The molecule has 0 aliphatic heterocycles. The molecule has 180 valence electrons. The van der Waals surface area contributed by atoms with E-state index in [2.05, 4.69) is 15.5 Å². The summed E-state index contributed by atoms with van der Waals surface area (Å²) in [6.07, 6.45) is -1.95. The lowest BCUT2D eigenvalue weighted by Crippen LogP contribution is -2.21. The van der Waals surface area contributed by atoms with Crippen LogP contribution in [-0.2, 0) is 22.3 Å². The summed E-state index contributed by atoms with van der Waals surface area (Å²) in [7, 11) is -3.06.